The molecule has 4 aromatic rings. The van der Waals surface area contributed by atoms with Crippen LogP contribution in [0.15, 0.2) is 48.5 Å². The van der Waals surface area contributed by atoms with Crippen LogP contribution in [0.1, 0.15) is 5.56 Å². The number of aryl methyl sites for hydroxylation is 1. The number of fused-ring (bicyclic) bond motifs is 3. The summed E-state index contributed by atoms with van der Waals surface area (Å²) in [5, 5.41) is 13.2. The first-order valence-corrected chi connectivity index (χ1v) is 8.22. The van der Waals surface area contributed by atoms with E-state index in [9.17, 15) is 0 Å². The average molecular weight is 333 g/mol. The van der Waals surface area contributed by atoms with Crippen molar-refractivity contribution in [1.82, 2.24) is 19.6 Å². The molecular formula is C19H19N5O. The highest BCUT2D eigenvalue weighted by molar-refractivity contribution is 5.93. The summed E-state index contributed by atoms with van der Waals surface area (Å²) in [5.41, 5.74) is 3.87. The maximum absolute atomic E-state index is 5.15. The van der Waals surface area contributed by atoms with Gasteiger partial charge in [0.25, 0.3) is 0 Å². The molecule has 0 saturated heterocycles. The number of benzene rings is 2. The second-order valence-corrected chi connectivity index (χ2v) is 5.87. The molecule has 2 aromatic carbocycles. The number of anilines is 1. The Morgan fingerprint density at radius 3 is 2.68 bits per heavy atom. The van der Waals surface area contributed by atoms with E-state index in [2.05, 4.69) is 34.6 Å². The number of rotatable bonds is 5. The van der Waals surface area contributed by atoms with Crippen LogP contribution in [0.4, 0.5) is 5.95 Å². The average Bonchev–Trinajstić information content (AvgIpc) is 3.08. The molecular weight excluding hydrogens is 314 g/mol. The van der Waals surface area contributed by atoms with E-state index in [0.29, 0.717) is 19.1 Å². The molecule has 1 N–H and O–H groups in total. The minimum Gasteiger partial charge on any atom is -0.383 e. The molecule has 0 fully saturated rings. The number of para-hydroxylation sites is 1. The third-order valence-corrected chi connectivity index (χ3v) is 4.22. The molecule has 0 radical (unpaired) electrons. The highest BCUT2D eigenvalue weighted by Crippen LogP contribution is 2.28. The zero-order chi connectivity index (χ0) is 17.2. The zero-order valence-electron chi connectivity index (χ0n) is 14.2. The molecule has 0 saturated carbocycles. The van der Waals surface area contributed by atoms with Crippen LogP contribution in [0.3, 0.4) is 0 Å². The monoisotopic (exact) mass is 333 g/mol. The van der Waals surface area contributed by atoms with Gasteiger partial charge in [0.05, 0.1) is 12.1 Å². The lowest BCUT2D eigenvalue weighted by Crippen LogP contribution is -2.13. The lowest BCUT2D eigenvalue weighted by Gasteiger charge is -2.12. The van der Waals surface area contributed by atoms with Crippen molar-refractivity contribution in [3.63, 3.8) is 0 Å². The molecule has 0 aliphatic heterocycles. The molecule has 0 aliphatic carbocycles. The van der Waals surface area contributed by atoms with Crippen molar-refractivity contribution >= 4 is 22.5 Å². The standard InChI is InChI=1S/C19H19N5O/c1-13-7-3-4-8-14(13)17-22-23-18-15-9-5-6-10-16(15)21-19(24(17)18)20-11-12-25-2/h3-10H,11-12H2,1-2H3,(H,20,21). The van der Waals surface area contributed by atoms with Gasteiger partial charge in [0.2, 0.25) is 5.95 Å². The first-order valence-electron chi connectivity index (χ1n) is 8.22. The Morgan fingerprint density at radius 2 is 1.84 bits per heavy atom. The van der Waals surface area contributed by atoms with E-state index in [4.69, 9.17) is 9.72 Å². The molecule has 0 amide bonds. The van der Waals surface area contributed by atoms with Crippen molar-refractivity contribution in [3.05, 3.63) is 54.1 Å². The third kappa shape index (κ3) is 2.70. The Balaban J connectivity index is 1.99. The Morgan fingerprint density at radius 1 is 1.04 bits per heavy atom. The minimum atomic E-state index is 0.595. The SMILES string of the molecule is COCCNc1nc2ccccc2c2nnc(-c3ccccc3C)n12. The summed E-state index contributed by atoms with van der Waals surface area (Å²) in [5.74, 6) is 1.50. The summed E-state index contributed by atoms with van der Waals surface area (Å²) in [7, 11) is 1.68. The molecule has 0 aliphatic rings. The normalized spacial score (nSPS) is 11.3. The van der Waals surface area contributed by atoms with E-state index in [-0.39, 0.29) is 0 Å². The summed E-state index contributed by atoms with van der Waals surface area (Å²) in [4.78, 5) is 4.78. The number of aromatic nitrogens is 4. The van der Waals surface area contributed by atoms with E-state index in [1.807, 2.05) is 40.8 Å². The van der Waals surface area contributed by atoms with Crippen LogP contribution in [-0.4, -0.2) is 39.8 Å². The van der Waals surface area contributed by atoms with Gasteiger partial charge in [-0.05, 0) is 24.6 Å². The Bertz CT molecular complexity index is 1040. The van der Waals surface area contributed by atoms with Gasteiger partial charge in [0.1, 0.15) is 0 Å². The van der Waals surface area contributed by atoms with E-state index in [1.165, 1.54) is 0 Å². The van der Waals surface area contributed by atoms with Crippen LogP contribution in [0.2, 0.25) is 0 Å². The summed E-state index contributed by atoms with van der Waals surface area (Å²) >= 11 is 0. The van der Waals surface area contributed by atoms with Gasteiger partial charge in [-0.3, -0.25) is 0 Å². The number of nitrogens with one attached hydrogen (secondary N) is 1. The van der Waals surface area contributed by atoms with Crippen molar-refractivity contribution in [2.24, 2.45) is 0 Å². The van der Waals surface area contributed by atoms with Crippen LogP contribution in [0.5, 0.6) is 0 Å². The first kappa shape index (κ1) is 15.5. The van der Waals surface area contributed by atoms with Crippen molar-refractivity contribution in [1.29, 1.82) is 0 Å². The smallest absolute Gasteiger partial charge is 0.211 e. The topological polar surface area (TPSA) is 64.3 Å². The van der Waals surface area contributed by atoms with Gasteiger partial charge in [-0.2, -0.15) is 0 Å². The van der Waals surface area contributed by atoms with Crippen LogP contribution >= 0.6 is 0 Å². The number of ether oxygens (including phenoxy) is 1. The van der Waals surface area contributed by atoms with Gasteiger partial charge in [0, 0.05) is 24.6 Å². The van der Waals surface area contributed by atoms with Gasteiger partial charge < -0.3 is 10.1 Å². The molecule has 2 heterocycles. The lowest BCUT2D eigenvalue weighted by molar-refractivity contribution is 0.210. The largest absolute Gasteiger partial charge is 0.383 e. The summed E-state index contributed by atoms with van der Waals surface area (Å²) < 4.78 is 7.13. The van der Waals surface area contributed by atoms with E-state index in [0.717, 1.165) is 33.5 Å². The van der Waals surface area contributed by atoms with Crippen LogP contribution in [-0.2, 0) is 4.74 Å². The molecule has 2 aromatic heterocycles. The van der Waals surface area contributed by atoms with Crippen LogP contribution < -0.4 is 5.32 Å². The van der Waals surface area contributed by atoms with Crippen molar-refractivity contribution in [3.8, 4) is 11.4 Å². The molecule has 0 atom stereocenters. The maximum Gasteiger partial charge on any atom is 0.211 e. The lowest BCUT2D eigenvalue weighted by atomic mass is 10.1. The fourth-order valence-electron chi connectivity index (χ4n) is 2.97. The predicted molar refractivity (Wildman–Crippen MR) is 98.8 cm³/mol. The van der Waals surface area contributed by atoms with Gasteiger partial charge >= 0.3 is 0 Å². The van der Waals surface area contributed by atoms with E-state index < -0.39 is 0 Å². The molecule has 0 spiro atoms. The zero-order valence-corrected chi connectivity index (χ0v) is 14.2. The van der Waals surface area contributed by atoms with E-state index in [1.54, 1.807) is 7.11 Å². The van der Waals surface area contributed by atoms with Gasteiger partial charge in [-0.25, -0.2) is 9.38 Å². The molecule has 6 nitrogen and oxygen atoms in total. The molecule has 4 rings (SSSR count). The Kier molecular flexibility index (Phi) is 4.03. The van der Waals surface area contributed by atoms with Gasteiger partial charge in [-0.15, -0.1) is 10.2 Å². The number of hydrogen-bond donors (Lipinski definition) is 1. The number of methoxy groups -OCH3 is 1. The minimum absolute atomic E-state index is 0.595. The van der Waals surface area contributed by atoms with Crippen molar-refractivity contribution in [2.45, 2.75) is 6.92 Å². The second-order valence-electron chi connectivity index (χ2n) is 5.87. The van der Waals surface area contributed by atoms with Crippen LogP contribution in [0.25, 0.3) is 27.9 Å². The first-order chi connectivity index (χ1) is 12.3. The number of nitrogens with zero attached hydrogens (tertiary/aromatic N) is 4. The fourth-order valence-corrected chi connectivity index (χ4v) is 2.97. The van der Waals surface area contributed by atoms with Crippen molar-refractivity contribution in [2.75, 3.05) is 25.6 Å². The third-order valence-electron chi connectivity index (χ3n) is 4.22. The maximum atomic E-state index is 5.15. The molecule has 6 heteroatoms. The molecule has 0 bridgehead atoms. The Hall–Kier alpha value is -2.99. The Labute approximate surface area is 145 Å². The second kappa shape index (κ2) is 6.49. The van der Waals surface area contributed by atoms with Crippen molar-refractivity contribution < 1.29 is 4.74 Å². The summed E-state index contributed by atoms with van der Waals surface area (Å²) in [6.45, 7) is 3.32. The predicted octanol–water partition coefficient (Wildman–Crippen LogP) is 3.31. The quantitative estimate of drug-likeness (QED) is 0.568. The highest BCUT2D eigenvalue weighted by atomic mass is 16.5. The molecule has 25 heavy (non-hydrogen) atoms. The number of hydrogen-bond acceptors (Lipinski definition) is 5. The fraction of sp³-hybridized carbons (Fsp3) is 0.211. The summed E-state index contributed by atoms with van der Waals surface area (Å²) in [6.07, 6.45) is 0. The van der Waals surface area contributed by atoms with Gasteiger partial charge in [0.15, 0.2) is 11.5 Å². The van der Waals surface area contributed by atoms with Crippen LogP contribution in [0, 0.1) is 6.92 Å². The molecule has 0 unspecified atom stereocenters. The highest BCUT2D eigenvalue weighted by Gasteiger charge is 2.17. The summed E-state index contributed by atoms with van der Waals surface area (Å²) in [6, 6.07) is 16.1. The van der Waals surface area contributed by atoms with E-state index >= 15 is 0 Å². The molecule has 126 valence electrons. The van der Waals surface area contributed by atoms with Gasteiger partial charge in [-0.1, -0.05) is 36.4 Å².